The predicted molar refractivity (Wildman–Crippen MR) is 84.9 cm³/mol. The lowest BCUT2D eigenvalue weighted by atomic mass is 10.2. The topological polar surface area (TPSA) is 53.1 Å². The van der Waals surface area contributed by atoms with E-state index in [2.05, 4.69) is 34.9 Å². The van der Waals surface area contributed by atoms with Gasteiger partial charge in [-0.25, -0.2) is 0 Å². The first-order valence-electron chi connectivity index (χ1n) is 6.80. The summed E-state index contributed by atoms with van der Waals surface area (Å²) in [4.78, 5) is 0. The van der Waals surface area contributed by atoms with E-state index in [9.17, 15) is 0 Å². The molecule has 1 aromatic heterocycles. The molecule has 5 heteroatoms. The van der Waals surface area contributed by atoms with Crippen LogP contribution in [0, 0.1) is 6.92 Å². The first-order valence-corrected chi connectivity index (χ1v) is 7.59. The number of nitrogen functional groups attached to an aromatic ring is 1. The molecule has 0 spiro atoms. The molecule has 0 saturated carbocycles. The second-order valence-electron chi connectivity index (χ2n) is 4.64. The number of nitrogens with two attached hydrogens (primary N) is 1. The van der Waals surface area contributed by atoms with Crippen molar-refractivity contribution < 1.29 is 4.74 Å². The van der Waals surface area contributed by atoms with Gasteiger partial charge >= 0.3 is 0 Å². The molecule has 0 saturated heterocycles. The highest BCUT2D eigenvalue weighted by Crippen LogP contribution is 2.27. The van der Waals surface area contributed by atoms with Crippen LogP contribution in [0.4, 0.5) is 5.69 Å². The number of nitrogens with zero attached hydrogens (tertiary/aromatic N) is 2. The molecule has 1 heterocycles. The summed E-state index contributed by atoms with van der Waals surface area (Å²) in [7, 11) is 0. The van der Waals surface area contributed by atoms with Gasteiger partial charge in [0.05, 0.1) is 15.9 Å². The van der Waals surface area contributed by atoms with E-state index >= 15 is 0 Å². The highest BCUT2D eigenvalue weighted by molar-refractivity contribution is 9.10. The molecular formula is C15H20BrN3O. The maximum Gasteiger partial charge on any atom is 0.131 e. The summed E-state index contributed by atoms with van der Waals surface area (Å²) < 4.78 is 8.94. The lowest BCUT2D eigenvalue weighted by molar-refractivity contribution is 0.290. The van der Waals surface area contributed by atoms with Crippen LogP contribution in [0.15, 0.2) is 22.7 Å². The van der Waals surface area contributed by atoms with Gasteiger partial charge in [0.15, 0.2) is 0 Å². The Morgan fingerprint density at radius 2 is 2.10 bits per heavy atom. The third-order valence-corrected chi connectivity index (χ3v) is 4.30. The van der Waals surface area contributed by atoms with Crippen molar-refractivity contribution in [3.63, 3.8) is 0 Å². The van der Waals surface area contributed by atoms with Crippen molar-refractivity contribution in [3.05, 3.63) is 39.6 Å². The van der Waals surface area contributed by atoms with Gasteiger partial charge in [-0.3, -0.25) is 4.68 Å². The average molecular weight is 338 g/mol. The number of benzene rings is 1. The lowest BCUT2D eigenvalue weighted by Gasteiger charge is -2.11. The monoisotopic (exact) mass is 337 g/mol. The summed E-state index contributed by atoms with van der Waals surface area (Å²) in [6, 6.07) is 5.72. The summed E-state index contributed by atoms with van der Waals surface area (Å²) in [5.74, 6) is 0.818. The normalized spacial score (nSPS) is 10.8. The van der Waals surface area contributed by atoms with E-state index < -0.39 is 0 Å². The van der Waals surface area contributed by atoms with Crippen LogP contribution in [0.25, 0.3) is 0 Å². The van der Waals surface area contributed by atoms with Gasteiger partial charge in [-0.05, 0) is 48.3 Å². The van der Waals surface area contributed by atoms with Crippen molar-refractivity contribution in [3.8, 4) is 5.75 Å². The Morgan fingerprint density at radius 1 is 1.35 bits per heavy atom. The molecule has 0 amide bonds. The third-order valence-electron chi connectivity index (χ3n) is 3.38. The Bertz CT molecular complexity index is 607. The van der Waals surface area contributed by atoms with E-state index in [4.69, 9.17) is 10.5 Å². The molecule has 0 fully saturated rings. The Labute approximate surface area is 128 Å². The van der Waals surface area contributed by atoms with Crippen LogP contribution >= 0.6 is 15.9 Å². The Balaban J connectivity index is 2.22. The van der Waals surface area contributed by atoms with E-state index in [-0.39, 0.29) is 0 Å². The number of hydrogen-bond donors (Lipinski definition) is 1. The minimum absolute atomic E-state index is 0.478. The molecule has 108 valence electrons. The first kappa shape index (κ1) is 14.9. The molecule has 1 aromatic carbocycles. The molecule has 0 atom stereocenters. The average Bonchev–Trinajstić information content (AvgIpc) is 2.76. The minimum Gasteiger partial charge on any atom is -0.487 e. The number of rotatable bonds is 5. The molecule has 0 bridgehead atoms. The van der Waals surface area contributed by atoms with Crippen molar-refractivity contribution in [2.45, 2.75) is 40.3 Å². The van der Waals surface area contributed by atoms with E-state index in [1.54, 1.807) is 0 Å². The molecule has 4 nitrogen and oxygen atoms in total. The molecular weight excluding hydrogens is 318 g/mol. The summed E-state index contributed by atoms with van der Waals surface area (Å²) in [5.41, 5.74) is 9.74. The molecule has 0 aliphatic rings. The van der Waals surface area contributed by atoms with Gasteiger partial charge < -0.3 is 10.5 Å². The fraction of sp³-hybridized carbons (Fsp3) is 0.400. The Morgan fingerprint density at radius 3 is 2.75 bits per heavy atom. The van der Waals surface area contributed by atoms with Crippen LogP contribution in [0.3, 0.4) is 0 Å². The van der Waals surface area contributed by atoms with Crippen molar-refractivity contribution in [1.82, 2.24) is 9.78 Å². The molecule has 2 N–H and O–H groups in total. The van der Waals surface area contributed by atoms with Gasteiger partial charge in [0.2, 0.25) is 0 Å². The lowest BCUT2D eigenvalue weighted by Crippen LogP contribution is -2.07. The van der Waals surface area contributed by atoms with Crippen molar-refractivity contribution >= 4 is 21.6 Å². The molecule has 2 aromatic rings. The molecule has 0 aliphatic heterocycles. The number of anilines is 1. The summed E-state index contributed by atoms with van der Waals surface area (Å²) in [6.07, 6.45) is 0.901. The maximum absolute atomic E-state index is 5.91. The second-order valence-corrected chi connectivity index (χ2v) is 5.43. The Hall–Kier alpha value is -1.49. The highest BCUT2D eigenvalue weighted by atomic mass is 79.9. The van der Waals surface area contributed by atoms with Gasteiger partial charge in [0.1, 0.15) is 12.4 Å². The SMILES string of the molecule is CCc1nn(CC)c(COc2cccc(N)c2C)c1Br. The van der Waals surface area contributed by atoms with Crippen LogP contribution < -0.4 is 10.5 Å². The number of halogens is 1. The van der Waals surface area contributed by atoms with E-state index in [1.807, 2.05) is 29.8 Å². The smallest absolute Gasteiger partial charge is 0.131 e. The standard InChI is InChI=1S/C15H20BrN3O/c1-4-12-15(16)13(19(5-2)18-12)9-20-14-8-6-7-11(17)10(14)3/h6-8H,4-5,9,17H2,1-3H3. The molecule has 0 aliphatic carbocycles. The number of aryl methyl sites for hydroxylation is 2. The zero-order valence-corrected chi connectivity index (χ0v) is 13.7. The van der Waals surface area contributed by atoms with Crippen molar-refractivity contribution in [2.75, 3.05) is 5.73 Å². The third kappa shape index (κ3) is 2.82. The van der Waals surface area contributed by atoms with Crippen molar-refractivity contribution in [2.24, 2.45) is 0 Å². The van der Waals surface area contributed by atoms with Gasteiger partial charge in [-0.2, -0.15) is 5.10 Å². The second kappa shape index (κ2) is 6.31. The van der Waals surface area contributed by atoms with Crippen LogP contribution in [0.1, 0.15) is 30.8 Å². The zero-order chi connectivity index (χ0) is 14.7. The molecule has 0 radical (unpaired) electrons. The van der Waals surface area contributed by atoms with Crippen LogP contribution in [-0.4, -0.2) is 9.78 Å². The van der Waals surface area contributed by atoms with Crippen LogP contribution in [0.5, 0.6) is 5.75 Å². The highest BCUT2D eigenvalue weighted by Gasteiger charge is 2.14. The first-order chi connectivity index (χ1) is 9.58. The van der Waals surface area contributed by atoms with Crippen molar-refractivity contribution in [1.29, 1.82) is 0 Å². The van der Waals surface area contributed by atoms with Gasteiger partial charge in [0.25, 0.3) is 0 Å². The number of hydrogen-bond acceptors (Lipinski definition) is 3. The maximum atomic E-state index is 5.91. The predicted octanol–water partition coefficient (Wildman–Crippen LogP) is 3.70. The quantitative estimate of drug-likeness (QED) is 0.846. The summed E-state index contributed by atoms with van der Waals surface area (Å²) in [6.45, 7) is 7.45. The fourth-order valence-corrected chi connectivity index (χ4v) is 2.77. The molecule has 0 unspecified atom stereocenters. The largest absolute Gasteiger partial charge is 0.487 e. The summed E-state index contributed by atoms with van der Waals surface area (Å²) >= 11 is 3.62. The van der Waals surface area contributed by atoms with Gasteiger partial charge in [0, 0.05) is 17.8 Å². The van der Waals surface area contributed by atoms with Crippen LogP contribution in [-0.2, 0) is 19.6 Å². The van der Waals surface area contributed by atoms with Gasteiger partial charge in [-0.1, -0.05) is 13.0 Å². The van der Waals surface area contributed by atoms with Gasteiger partial charge in [-0.15, -0.1) is 0 Å². The van der Waals surface area contributed by atoms with E-state index in [0.717, 1.165) is 45.8 Å². The molecule has 20 heavy (non-hydrogen) atoms. The summed E-state index contributed by atoms with van der Waals surface area (Å²) in [5, 5.41) is 4.56. The van der Waals surface area contributed by atoms with Crippen LogP contribution in [0.2, 0.25) is 0 Å². The fourth-order valence-electron chi connectivity index (χ4n) is 2.09. The molecule has 2 rings (SSSR count). The number of aromatic nitrogens is 2. The minimum atomic E-state index is 0.478. The van der Waals surface area contributed by atoms with E-state index in [1.165, 1.54) is 0 Å². The number of ether oxygens (including phenoxy) is 1. The zero-order valence-electron chi connectivity index (χ0n) is 12.1. The van der Waals surface area contributed by atoms with E-state index in [0.29, 0.717) is 6.61 Å². The Kier molecular flexibility index (Phi) is 4.70.